The third-order valence-electron chi connectivity index (χ3n) is 4.07. The van der Waals surface area contributed by atoms with Crippen LogP contribution in [0.25, 0.3) is 0 Å². The second-order valence-corrected chi connectivity index (χ2v) is 6.17. The van der Waals surface area contributed by atoms with Crippen molar-refractivity contribution in [2.24, 2.45) is 5.92 Å². The van der Waals surface area contributed by atoms with Gasteiger partial charge in [0.25, 0.3) is 0 Å². The van der Waals surface area contributed by atoms with Crippen LogP contribution in [0.2, 0.25) is 0 Å². The summed E-state index contributed by atoms with van der Waals surface area (Å²) in [5.41, 5.74) is 1.39. The predicted octanol–water partition coefficient (Wildman–Crippen LogP) is 2.70. The van der Waals surface area contributed by atoms with Crippen molar-refractivity contribution in [3.63, 3.8) is 0 Å². The summed E-state index contributed by atoms with van der Waals surface area (Å²) in [4.78, 5) is 25.7. The molecule has 1 saturated heterocycles. The molecular weight excluding hydrogens is 278 g/mol. The van der Waals surface area contributed by atoms with Crippen molar-refractivity contribution in [3.05, 3.63) is 24.3 Å². The average molecular weight is 303 g/mol. The van der Waals surface area contributed by atoms with Gasteiger partial charge in [-0.15, -0.1) is 0 Å². The topological polar surface area (TPSA) is 61.4 Å². The number of piperidine rings is 1. The Kier molecular flexibility index (Phi) is 5.55. The molecule has 22 heavy (non-hydrogen) atoms. The van der Waals surface area contributed by atoms with Gasteiger partial charge in [0.1, 0.15) is 0 Å². The van der Waals surface area contributed by atoms with E-state index in [1.165, 1.54) is 13.3 Å². The van der Waals surface area contributed by atoms with Crippen LogP contribution in [-0.2, 0) is 9.59 Å². The van der Waals surface area contributed by atoms with Gasteiger partial charge in [-0.2, -0.15) is 0 Å². The number of likely N-dealkylation sites (tertiary alicyclic amines) is 1. The number of nitrogens with zero attached hydrogens (tertiary/aromatic N) is 1. The van der Waals surface area contributed by atoms with Crippen LogP contribution in [-0.4, -0.2) is 35.8 Å². The summed E-state index contributed by atoms with van der Waals surface area (Å²) in [5, 5.41) is 5.65. The van der Waals surface area contributed by atoms with Crippen LogP contribution in [0.5, 0.6) is 0 Å². The zero-order valence-electron chi connectivity index (χ0n) is 13.6. The smallest absolute Gasteiger partial charge is 0.241 e. The van der Waals surface area contributed by atoms with Gasteiger partial charge in [0.15, 0.2) is 0 Å². The summed E-state index contributed by atoms with van der Waals surface area (Å²) >= 11 is 0. The quantitative estimate of drug-likeness (QED) is 0.899. The first-order chi connectivity index (χ1) is 10.5. The molecule has 2 unspecified atom stereocenters. The van der Waals surface area contributed by atoms with Gasteiger partial charge in [-0.1, -0.05) is 13.0 Å². The highest BCUT2D eigenvalue weighted by Gasteiger charge is 2.25. The van der Waals surface area contributed by atoms with Crippen LogP contribution < -0.4 is 10.6 Å². The molecule has 0 spiro atoms. The monoisotopic (exact) mass is 303 g/mol. The van der Waals surface area contributed by atoms with Gasteiger partial charge in [-0.3, -0.25) is 14.5 Å². The van der Waals surface area contributed by atoms with E-state index < -0.39 is 0 Å². The van der Waals surface area contributed by atoms with Crippen molar-refractivity contribution in [3.8, 4) is 0 Å². The number of carbonyl (C=O) groups excluding carboxylic acids is 2. The van der Waals surface area contributed by atoms with Gasteiger partial charge >= 0.3 is 0 Å². The lowest BCUT2D eigenvalue weighted by molar-refractivity contribution is -0.121. The van der Waals surface area contributed by atoms with E-state index in [9.17, 15) is 9.59 Å². The number of rotatable bonds is 4. The van der Waals surface area contributed by atoms with E-state index in [1.54, 1.807) is 12.1 Å². The van der Waals surface area contributed by atoms with Gasteiger partial charge in [-0.25, -0.2) is 0 Å². The molecule has 1 heterocycles. The Morgan fingerprint density at radius 2 is 1.95 bits per heavy atom. The van der Waals surface area contributed by atoms with E-state index in [0.717, 1.165) is 19.5 Å². The molecule has 0 aliphatic carbocycles. The van der Waals surface area contributed by atoms with Crippen LogP contribution in [0.1, 0.15) is 33.6 Å². The Morgan fingerprint density at radius 1 is 1.27 bits per heavy atom. The molecule has 120 valence electrons. The van der Waals surface area contributed by atoms with Crippen LogP contribution in [0.15, 0.2) is 24.3 Å². The molecule has 0 saturated carbocycles. The van der Waals surface area contributed by atoms with Crippen LogP contribution in [0, 0.1) is 5.92 Å². The van der Waals surface area contributed by atoms with Crippen molar-refractivity contribution in [1.29, 1.82) is 0 Å². The Balaban J connectivity index is 1.97. The SMILES string of the molecule is CC(=O)Nc1cccc(NC(=O)C(C)N2CCCC(C)C2)c1. The van der Waals surface area contributed by atoms with E-state index in [4.69, 9.17) is 0 Å². The maximum absolute atomic E-state index is 12.4. The van der Waals surface area contributed by atoms with Gasteiger partial charge in [-0.05, 0) is 50.4 Å². The fourth-order valence-corrected chi connectivity index (χ4v) is 2.87. The number of nitrogens with one attached hydrogen (secondary N) is 2. The Morgan fingerprint density at radius 3 is 2.59 bits per heavy atom. The van der Waals surface area contributed by atoms with Crippen LogP contribution in [0.4, 0.5) is 11.4 Å². The van der Waals surface area contributed by atoms with Crippen LogP contribution >= 0.6 is 0 Å². The lowest BCUT2D eigenvalue weighted by Crippen LogP contribution is -2.46. The highest BCUT2D eigenvalue weighted by atomic mass is 16.2. The second kappa shape index (κ2) is 7.40. The lowest BCUT2D eigenvalue weighted by Gasteiger charge is -2.34. The molecule has 1 aliphatic rings. The number of hydrogen-bond donors (Lipinski definition) is 2. The number of hydrogen-bond acceptors (Lipinski definition) is 3. The second-order valence-electron chi connectivity index (χ2n) is 6.17. The fraction of sp³-hybridized carbons (Fsp3) is 0.529. The van der Waals surface area contributed by atoms with Crippen molar-refractivity contribution < 1.29 is 9.59 Å². The molecule has 2 atom stereocenters. The van der Waals surface area contributed by atoms with E-state index in [-0.39, 0.29) is 17.9 Å². The zero-order chi connectivity index (χ0) is 16.1. The summed E-state index contributed by atoms with van der Waals surface area (Å²) in [5.74, 6) is 0.514. The molecular formula is C17H25N3O2. The molecule has 1 fully saturated rings. The summed E-state index contributed by atoms with van der Waals surface area (Å²) < 4.78 is 0. The van der Waals surface area contributed by atoms with E-state index >= 15 is 0 Å². The summed E-state index contributed by atoms with van der Waals surface area (Å²) in [6.45, 7) is 7.59. The fourth-order valence-electron chi connectivity index (χ4n) is 2.87. The molecule has 1 aliphatic heterocycles. The first-order valence-electron chi connectivity index (χ1n) is 7.88. The third-order valence-corrected chi connectivity index (χ3v) is 4.07. The molecule has 0 aromatic heterocycles. The highest BCUT2D eigenvalue weighted by molar-refractivity contribution is 5.96. The molecule has 0 radical (unpaired) electrons. The van der Waals surface area contributed by atoms with Crippen molar-refractivity contribution in [2.75, 3.05) is 23.7 Å². The van der Waals surface area contributed by atoms with E-state index in [1.807, 2.05) is 19.1 Å². The first-order valence-corrected chi connectivity index (χ1v) is 7.88. The van der Waals surface area contributed by atoms with Gasteiger partial charge < -0.3 is 10.6 Å². The van der Waals surface area contributed by atoms with Crippen molar-refractivity contribution >= 4 is 23.2 Å². The highest BCUT2D eigenvalue weighted by Crippen LogP contribution is 2.19. The number of benzene rings is 1. The Labute approximate surface area is 132 Å². The normalized spacial score (nSPS) is 20.2. The van der Waals surface area contributed by atoms with Gasteiger partial charge in [0.2, 0.25) is 11.8 Å². The molecule has 5 heteroatoms. The maximum Gasteiger partial charge on any atom is 0.241 e. The minimum absolute atomic E-state index is 0.00549. The third kappa shape index (κ3) is 4.56. The minimum atomic E-state index is -0.146. The predicted molar refractivity (Wildman–Crippen MR) is 88.8 cm³/mol. The van der Waals surface area contributed by atoms with Crippen molar-refractivity contribution in [2.45, 2.75) is 39.7 Å². The molecule has 1 aromatic carbocycles. The number of amides is 2. The largest absolute Gasteiger partial charge is 0.326 e. The molecule has 5 nitrogen and oxygen atoms in total. The van der Waals surface area contributed by atoms with Gasteiger partial charge in [0, 0.05) is 24.8 Å². The van der Waals surface area contributed by atoms with E-state index in [0.29, 0.717) is 17.3 Å². The molecule has 2 N–H and O–H groups in total. The molecule has 0 bridgehead atoms. The van der Waals surface area contributed by atoms with E-state index in [2.05, 4.69) is 22.5 Å². The van der Waals surface area contributed by atoms with Gasteiger partial charge in [0.05, 0.1) is 6.04 Å². The Bertz CT molecular complexity index is 544. The summed E-state index contributed by atoms with van der Waals surface area (Å²) in [6, 6.07) is 7.06. The molecule has 1 aromatic rings. The zero-order valence-corrected chi connectivity index (χ0v) is 13.6. The number of anilines is 2. The maximum atomic E-state index is 12.4. The first kappa shape index (κ1) is 16.5. The van der Waals surface area contributed by atoms with Crippen molar-refractivity contribution in [1.82, 2.24) is 4.90 Å². The molecule has 2 amide bonds. The average Bonchev–Trinajstić information content (AvgIpc) is 2.46. The summed E-state index contributed by atoms with van der Waals surface area (Å²) in [7, 11) is 0. The standard InChI is InChI=1S/C17H25N3O2/c1-12-6-5-9-20(11-12)13(2)17(22)19-16-8-4-7-15(10-16)18-14(3)21/h4,7-8,10,12-13H,5-6,9,11H2,1-3H3,(H,18,21)(H,19,22). The lowest BCUT2D eigenvalue weighted by atomic mass is 9.99. The molecule has 2 rings (SSSR count). The number of carbonyl (C=O) groups is 2. The van der Waals surface area contributed by atoms with Crippen LogP contribution in [0.3, 0.4) is 0 Å². The Hall–Kier alpha value is -1.88. The summed E-state index contributed by atoms with van der Waals surface area (Å²) in [6.07, 6.45) is 2.39. The minimum Gasteiger partial charge on any atom is -0.326 e.